The summed E-state index contributed by atoms with van der Waals surface area (Å²) in [7, 11) is 1.68. The number of para-hydroxylation sites is 1. The number of methoxy groups -OCH3 is 1. The van der Waals surface area contributed by atoms with Crippen molar-refractivity contribution in [2.75, 3.05) is 12.4 Å². The van der Waals surface area contributed by atoms with Crippen molar-refractivity contribution in [1.82, 2.24) is 10.2 Å². The van der Waals surface area contributed by atoms with Crippen LogP contribution in [0.25, 0.3) is 11.5 Å². The van der Waals surface area contributed by atoms with Crippen molar-refractivity contribution in [3.8, 4) is 17.2 Å². The van der Waals surface area contributed by atoms with E-state index in [1.807, 2.05) is 48.5 Å². The van der Waals surface area contributed by atoms with E-state index < -0.39 is 0 Å². The third-order valence-electron chi connectivity index (χ3n) is 3.15. The summed E-state index contributed by atoms with van der Waals surface area (Å²) in [4.78, 5) is 0. The summed E-state index contributed by atoms with van der Waals surface area (Å²) in [5.74, 6) is 1.38. The van der Waals surface area contributed by atoms with Crippen LogP contribution < -0.4 is 10.1 Å². The molecule has 5 nitrogen and oxygen atoms in total. The SMILES string of the molecule is COc1ccccc1CNc1cccc(-c2nnco2)c1. The van der Waals surface area contributed by atoms with Gasteiger partial charge in [-0.2, -0.15) is 0 Å². The van der Waals surface area contributed by atoms with E-state index in [9.17, 15) is 0 Å². The van der Waals surface area contributed by atoms with Gasteiger partial charge >= 0.3 is 0 Å². The Balaban J connectivity index is 1.75. The van der Waals surface area contributed by atoms with Gasteiger partial charge in [0.15, 0.2) is 0 Å². The molecular formula is C16H15N3O2. The van der Waals surface area contributed by atoms with E-state index in [0.29, 0.717) is 12.4 Å². The highest BCUT2D eigenvalue weighted by Crippen LogP contribution is 2.22. The van der Waals surface area contributed by atoms with Crippen molar-refractivity contribution in [1.29, 1.82) is 0 Å². The standard InChI is InChI=1S/C16H15N3O2/c1-20-15-8-3-2-5-13(15)10-17-14-7-4-6-12(9-14)16-19-18-11-21-16/h2-9,11,17H,10H2,1H3. The summed E-state index contributed by atoms with van der Waals surface area (Å²) in [6.07, 6.45) is 1.32. The van der Waals surface area contributed by atoms with Crippen LogP contribution in [0.3, 0.4) is 0 Å². The minimum atomic E-state index is 0.510. The van der Waals surface area contributed by atoms with Gasteiger partial charge < -0.3 is 14.5 Å². The second-order valence-corrected chi connectivity index (χ2v) is 4.49. The highest BCUT2D eigenvalue weighted by molar-refractivity contribution is 5.61. The van der Waals surface area contributed by atoms with Crippen molar-refractivity contribution in [3.63, 3.8) is 0 Å². The number of benzene rings is 2. The zero-order valence-corrected chi connectivity index (χ0v) is 11.6. The maximum Gasteiger partial charge on any atom is 0.247 e. The first-order chi connectivity index (χ1) is 10.4. The molecule has 0 bridgehead atoms. The van der Waals surface area contributed by atoms with E-state index in [-0.39, 0.29) is 0 Å². The first-order valence-corrected chi connectivity index (χ1v) is 6.59. The van der Waals surface area contributed by atoms with Gasteiger partial charge in [0.1, 0.15) is 5.75 Å². The van der Waals surface area contributed by atoms with Gasteiger partial charge in [0.2, 0.25) is 12.3 Å². The summed E-state index contributed by atoms with van der Waals surface area (Å²) in [5.41, 5.74) is 2.97. The Morgan fingerprint density at radius 1 is 1.14 bits per heavy atom. The smallest absolute Gasteiger partial charge is 0.247 e. The van der Waals surface area contributed by atoms with Crippen molar-refractivity contribution >= 4 is 5.69 Å². The molecule has 1 N–H and O–H groups in total. The Hall–Kier alpha value is -2.82. The van der Waals surface area contributed by atoms with Gasteiger partial charge in [0.25, 0.3) is 0 Å². The van der Waals surface area contributed by atoms with Crippen LogP contribution in [-0.2, 0) is 6.54 Å². The fraction of sp³-hybridized carbons (Fsp3) is 0.125. The second kappa shape index (κ2) is 6.09. The van der Waals surface area contributed by atoms with E-state index in [1.54, 1.807) is 7.11 Å². The topological polar surface area (TPSA) is 60.2 Å². The number of aromatic nitrogens is 2. The predicted molar refractivity (Wildman–Crippen MR) is 80.1 cm³/mol. The molecule has 0 unspecified atom stereocenters. The Labute approximate surface area is 122 Å². The maximum atomic E-state index is 5.34. The van der Waals surface area contributed by atoms with Gasteiger partial charge in [0.05, 0.1) is 7.11 Å². The molecule has 0 aliphatic rings. The van der Waals surface area contributed by atoms with Crippen LogP contribution in [0.2, 0.25) is 0 Å². The normalized spacial score (nSPS) is 10.3. The van der Waals surface area contributed by atoms with E-state index in [1.165, 1.54) is 6.39 Å². The average molecular weight is 281 g/mol. The van der Waals surface area contributed by atoms with Gasteiger partial charge in [-0.05, 0) is 24.3 Å². The predicted octanol–water partition coefficient (Wildman–Crippen LogP) is 3.36. The lowest BCUT2D eigenvalue weighted by atomic mass is 10.1. The molecule has 0 fully saturated rings. The van der Waals surface area contributed by atoms with Crippen LogP contribution in [0, 0.1) is 0 Å². The average Bonchev–Trinajstić information content (AvgIpc) is 3.08. The minimum absolute atomic E-state index is 0.510. The van der Waals surface area contributed by atoms with Gasteiger partial charge in [-0.3, -0.25) is 0 Å². The zero-order chi connectivity index (χ0) is 14.5. The number of nitrogens with zero attached hydrogens (tertiary/aromatic N) is 2. The highest BCUT2D eigenvalue weighted by Gasteiger charge is 2.05. The molecule has 106 valence electrons. The van der Waals surface area contributed by atoms with Crippen molar-refractivity contribution in [3.05, 3.63) is 60.5 Å². The van der Waals surface area contributed by atoms with Crippen LogP contribution in [0.4, 0.5) is 5.69 Å². The van der Waals surface area contributed by atoms with Gasteiger partial charge in [0, 0.05) is 23.4 Å². The third-order valence-corrected chi connectivity index (χ3v) is 3.15. The molecule has 1 aromatic heterocycles. The van der Waals surface area contributed by atoms with Crippen molar-refractivity contribution in [2.45, 2.75) is 6.54 Å². The quantitative estimate of drug-likeness (QED) is 0.777. The molecule has 0 spiro atoms. The van der Waals surface area contributed by atoms with E-state index in [4.69, 9.17) is 9.15 Å². The van der Waals surface area contributed by atoms with E-state index in [2.05, 4.69) is 15.5 Å². The zero-order valence-electron chi connectivity index (χ0n) is 11.6. The van der Waals surface area contributed by atoms with Gasteiger partial charge in [-0.25, -0.2) is 0 Å². The van der Waals surface area contributed by atoms with Crippen LogP contribution >= 0.6 is 0 Å². The molecule has 0 radical (unpaired) electrons. The molecule has 5 heteroatoms. The summed E-state index contributed by atoms with van der Waals surface area (Å²) in [6, 6.07) is 15.8. The summed E-state index contributed by atoms with van der Waals surface area (Å²) < 4.78 is 10.5. The number of hydrogen-bond acceptors (Lipinski definition) is 5. The summed E-state index contributed by atoms with van der Waals surface area (Å²) >= 11 is 0. The van der Waals surface area contributed by atoms with Crippen LogP contribution in [0.5, 0.6) is 5.75 Å². The first kappa shape index (κ1) is 13.2. The van der Waals surface area contributed by atoms with E-state index in [0.717, 1.165) is 22.6 Å². The molecular weight excluding hydrogens is 266 g/mol. The minimum Gasteiger partial charge on any atom is -0.496 e. The molecule has 1 heterocycles. The second-order valence-electron chi connectivity index (χ2n) is 4.49. The molecule has 0 aliphatic heterocycles. The Kier molecular flexibility index (Phi) is 3.82. The molecule has 0 amide bonds. The molecule has 0 saturated heterocycles. The van der Waals surface area contributed by atoms with Crippen molar-refractivity contribution < 1.29 is 9.15 Å². The maximum absolute atomic E-state index is 5.34. The van der Waals surface area contributed by atoms with E-state index >= 15 is 0 Å². The third kappa shape index (κ3) is 3.02. The first-order valence-electron chi connectivity index (χ1n) is 6.59. The molecule has 0 atom stereocenters. The van der Waals surface area contributed by atoms with Gasteiger partial charge in [-0.15, -0.1) is 10.2 Å². The van der Waals surface area contributed by atoms with Gasteiger partial charge in [-0.1, -0.05) is 24.3 Å². The van der Waals surface area contributed by atoms with Crippen LogP contribution in [-0.4, -0.2) is 17.3 Å². The fourth-order valence-electron chi connectivity index (χ4n) is 2.11. The molecule has 2 aromatic carbocycles. The lowest BCUT2D eigenvalue weighted by Crippen LogP contribution is -2.01. The Bertz CT molecular complexity index is 711. The molecule has 3 aromatic rings. The lowest BCUT2D eigenvalue weighted by molar-refractivity contribution is 0.410. The highest BCUT2D eigenvalue weighted by atomic mass is 16.5. The molecule has 0 saturated carbocycles. The monoisotopic (exact) mass is 281 g/mol. The fourth-order valence-corrected chi connectivity index (χ4v) is 2.11. The largest absolute Gasteiger partial charge is 0.496 e. The number of anilines is 1. The number of ether oxygens (including phenoxy) is 1. The lowest BCUT2D eigenvalue weighted by Gasteiger charge is -2.10. The number of hydrogen-bond donors (Lipinski definition) is 1. The Morgan fingerprint density at radius 3 is 2.86 bits per heavy atom. The summed E-state index contributed by atoms with van der Waals surface area (Å²) in [5, 5.41) is 11.0. The number of nitrogens with one attached hydrogen (secondary N) is 1. The van der Waals surface area contributed by atoms with Crippen molar-refractivity contribution in [2.24, 2.45) is 0 Å². The molecule has 0 aliphatic carbocycles. The Morgan fingerprint density at radius 2 is 2.05 bits per heavy atom. The summed E-state index contributed by atoms with van der Waals surface area (Å²) in [6.45, 7) is 0.678. The molecule has 3 rings (SSSR count). The van der Waals surface area contributed by atoms with Crippen LogP contribution in [0.1, 0.15) is 5.56 Å². The molecule has 21 heavy (non-hydrogen) atoms. The van der Waals surface area contributed by atoms with Crippen LogP contribution in [0.15, 0.2) is 59.3 Å². The number of rotatable bonds is 5.